The number of carbonyl (C=O) groups is 1. The van der Waals surface area contributed by atoms with Crippen LogP contribution in [0.25, 0.3) is 0 Å². The summed E-state index contributed by atoms with van der Waals surface area (Å²) in [5, 5.41) is 2.96. The second kappa shape index (κ2) is 6.04. The van der Waals surface area contributed by atoms with Crippen LogP contribution in [0.2, 0.25) is 0 Å². The minimum atomic E-state index is 0.186. The summed E-state index contributed by atoms with van der Waals surface area (Å²) in [4.78, 5) is 16.4. The van der Waals surface area contributed by atoms with Crippen molar-refractivity contribution in [3.63, 3.8) is 0 Å². The largest absolute Gasteiger partial charge is 0.339 e. The van der Waals surface area contributed by atoms with E-state index in [2.05, 4.69) is 16.1 Å². The Kier molecular flexibility index (Phi) is 4.41. The van der Waals surface area contributed by atoms with Gasteiger partial charge in [0.25, 0.3) is 0 Å². The fourth-order valence-corrected chi connectivity index (χ4v) is 2.74. The van der Waals surface area contributed by atoms with Gasteiger partial charge in [0, 0.05) is 25.7 Å². The van der Waals surface area contributed by atoms with E-state index in [1.807, 2.05) is 4.90 Å². The van der Waals surface area contributed by atoms with Gasteiger partial charge in [-0.3, -0.25) is 15.0 Å². The molecule has 1 N–H and O–H groups in total. The number of fused-ring (bicyclic) bond motifs is 1. The Morgan fingerprint density at radius 1 is 1.35 bits per heavy atom. The molecule has 17 heavy (non-hydrogen) atoms. The van der Waals surface area contributed by atoms with E-state index in [-0.39, 0.29) is 5.91 Å². The third-order valence-electron chi connectivity index (χ3n) is 3.69. The molecule has 0 aromatic carbocycles. The molecule has 1 atom stereocenters. The maximum atomic E-state index is 11.9. The number of rotatable bonds is 3. The van der Waals surface area contributed by atoms with Crippen molar-refractivity contribution < 1.29 is 4.79 Å². The Balaban J connectivity index is 1.79. The molecule has 94 valence electrons. The molecular weight excluding hydrogens is 214 g/mol. The lowest BCUT2D eigenvalue weighted by Crippen LogP contribution is -2.57. The lowest BCUT2D eigenvalue weighted by atomic mass is 9.99. The number of nitrogens with zero attached hydrogens (tertiary/aromatic N) is 2. The number of hydrogen-bond donors (Lipinski definition) is 1. The first kappa shape index (κ1) is 12.4. The summed E-state index contributed by atoms with van der Waals surface area (Å²) in [5.74, 6) is 2.67. The third kappa shape index (κ3) is 3.21. The summed E-state index contributed by atoms with van der Waals surface area (Å²) in [6.07, 6.45) is 8.99. The van der Waals surface area contributed by atoms with E-state index in [4.69, 9.17) is 6.42 Å². The first-order valence-electron chi connectivity index (χ1n) is 6.47. The quantitative estimate of drug-likeness (QED) is 0.548. The van der Waals surface area contributed by atoms with Crippen LogP contribution in [-0.2, 0) is 4.79 Å². The zero-order valence-electron chi connectivity index (χ0n) is 10.3. The number of amides is 1. The van der Waals surface area contributed by atoms with Crippen LogP contribution in [0.3, 0.4) is 0 Å². The summed E-state index contributed by atoms with van der Waals surface area (Å²) < 4.78 is 0. The molecule has 1 amide bonds. The molecule has 2 aliphatic heterocycles. The lowest BCUT2D eigenvalue weighted by Gasteiger charge is -2.44. The Bertz CT molecular complexity index is 310. The van der Waals surface area contributed by atoms with Gasteiger partial charge in [0.1, 0.15) is 0 Å². The molecule has 2 saturated heterocycles. The van der Waals surface area contributed by atoms with E-state index >= 15 is 0 Å². The third-order valence-corrected chi connectivity index (χ3v) is 3.69. The second-order valence-electron chi connectivity index (χ2n) is 4.83. The minimum Gasteiger partial charge on any atom is -0.339 e. The van der Waals surface area contributed by atoms with Gasteiger partial charge in [-0.25, -0.2) is 0 Å². The Morgan fingerprint density at radius 3 is 3.06 bits per heavy atom. The fourth-order valence-electron chi connectivity index (χ4n) is 2.74. The van der Waals surface area contributed by atoms with Crippen LogP contribution in [0.5, 0.6) is 0 Å². The highest BCUT2D eigenvalue weighted by atomic mass is 16.2. The van der Waals surface area contributed by atoms with E-state index < -0.39 is 0 Å². The molecule has 0 aliphatic carbocycles. The zero-order valence-corrected chi connectivity index (χ0v) is 10.3. The van der Waals surface area contributed by atoms with Crippen molar-refractivity contribution in [3.8, 4) is 12.3 Å². The molecule has 4 heteroatoms. The molecule has 0 aromatic rings. The van der Waals surface area contributed by atoms with Gasteiger partial charge in [-0.05, 0) is 19.4 Å². The molecule has 0 bridgehead atoms. The molecule has 1 unspecified atom stereocenters. The number of carbonyl (C=O) groups excluding carboxylic acids is 1. The van der Waals surface area contributed by atoms with E-state index in [1.54, 1.807) is 0 Å². The van der Waals surface area contributed by atoms with Crippen LogP contribution in [0, 0.1) is 12.3 Å². The summed E-state index contributed by atoms with van der Waals surface area (Å²) in [7, 11) is 0. The van der Waals surface area contributed by atoms with Crippen LogP contribution < -0.4 is 5.32 Å². The molecule has 0 radical (unpaired) electrons. The summed E-state index contributed by atoms with van der Waals surface area (Å²) in [6, 6.07) is 0.592. The van der Waals surface area contributed by atoms with Gasteiger partial charge in [0.15, 0.2) is 0 Å². The van der Waals surface area contributed by atoms with Crippen molar-refractivity contribution in [2.24, 2.45) is 0 Å². The molecule has 0 aromatic heterocycles. The summed E-state index contributed by atoms with van der Waals surface area (Å²) in [6.45, 7) is 4.85. The first-order chi connectivity index (χ1) is 8.31. The molecule has 2 aliphatic rings. The second-order valence-corrected chi connectivity index (χ2v) is 4.83. The molecule has 0 saturated carbocycles. The van der Waals surface area contributed by atoms with Crippen LogP contribution >= 0.6 is 0 Å². The Hall–Kier alpha value is -1.05. The van der Waals surface area contributed by atoms with E-state index in [0.29, 0.717) is 19.1 Å². The summed E-state index contributed by atoms with van der Waals surface area (Å²) >= 11 is 0. The fraction of sp³-hybridized carbons (Fsp3) is 0.769. The number of nitrogens with one attached hydrogen (secondary N) is 1. The first-order valence-corrected chi connectivity index (χ1v) is 6.47. The number of piperazine rings is 1. The van der Waals surface area contributed by atoms with Gasteiger partial charge in [-0.1, -0.05) is 12.3 Å². The average molecular weight is 235 g/mol. The number of terminal acetylenes is 1. The van der Waals surface area contributed by atoms with Crippen molar-refractivity contribution >= 4 is 5.91 Å². The minimum absolute atomic E-state index is 0.186. The maximum absolute atomic E-state index is 11.9. The van der Waals surface area contributed by atoms with Crippen molar-refractivity contribution in [2.45, 2.75) is 25.3 Å². The van der Waals surface area contributed by atoms with Gasteiger partial charge in [-0.2, -0.15) is 0 Å². The van der Waals surface area contributed by atoms with Crippen molar-refractivity contribution in [1.29, 1.82) is 0 Å². The zero-order chi connectivity index (χ0) is 12.1. The predicted octanol–water partition coefficient (Wildman–Crippen LogP) is -0.0941. The summed E-state index contributed by atoms with van der Waals surface area (Å²) in [5.41, 5.74) is 0. The Labute approximate surface area is 103 Å². The SMILES string of the molecule is C#CCNCC(=O)N1CCN2CCCCC2C1. The molecular formula is C13H21N3O. The van der Waals surface area contributed by atoms with Gasteiger partial charge in [-0.15, -0.1) is 6.42 Å². The topological polar surface area (TPSA) is 35.6 Å². The van der Waals surface area contributed by atoms with Crippen molar-refractivity contribution in [1.82, 2.24) is 15.1 Å². The van der Waals surface area contributed by atoms with Crippen molar-refractivity contribution in [3.05, 3.63) is 0 Å². The van der Waals surface area contributed by atoms with E-state index in [0.717, 1.165) is 19.6 Å². The van der Waals surface area contributed by atoms with Gasteiger partial charge in [0.05, 0.1) is 13.1 Å². The monoisotopic (exact) mass is 235 g/mol. The Morgan fingerprint density at radius 2 is 2.24 bits per heavy atom. The standard InChI is InChI=1S/C13H21N3O/c1-2-6-14-10-13(17)16-9-8-15-7-4-3-5-12(15)11-16/h1,12,14H,3-11H2. The smallest absolute Gasteiger partial charge is 0.236 e. The van der Waals surface area contributed by atoms with Gasteiger partial charge < -0.3 is 4.90 Å². The van der Waals surface area contributed by atoms with Crippen LogP contribution in [0.1, 0.15) is 19.3 Å². The van der Waals surface area contributed by atoms with Crippen LogP contribution in [-0.4, -0.2) is 61.0 Å². The van der Waals surface area contributed by atoms with E-state index in [9.17, 15) is 4.79 Å². The predicted molar refractivity (Wildman–Crippen MR) is 67.5 cm³/mol. The molecule has 2 heterocycles. The maximum Gasteiger partial charge on any atom is 0.236 e. The van der Waals surface area contributed by atoms with Crippen LogP contribution in [0.15, 0.2) is 0 Å². The number of hydrogen-bond acceptors (Lipinski definition) is 3. The average Bonchev–Trinajstić information content (AvgIpc) is 2.38. The van der Waals surface area contributed by atoms with Crippen molar-refractivity contribution in [2.75, 3.05) is 39.3 Å². The highest BCUT2D eigenvalue weighted by Crippen LogP contribution is 2.20. The lowest BCUT2D eigenvalue weighted by molar-refractivity contribution is -0.133. The van der Waals surface area contributed by atoms with Gasteiger partial charge >= 0.3 is 0 Å². The molecule has 2 rings (SSSR count). The van der Waals surface area contributed by atoms with E-state index in [1.165, 1.54) is 25.8 Å². The highest BCUT2D eigenvalue weighted by molar-refractivity contribution is 5.78. The number of piperidine rings is 1. The molecule has 2 fully saturated rings. The molecule has 0 spiro atoms. The highest BCUT2D eigenvalue weighted by Gasteiger charge is 2.30. The molecule has 4 nitrogen and oxygen atoms in total. The normalized spacial score (nSPS) is 25.1. The van der Waals surface area contributed by atoms with Gasteiger partial charge in [0.2, 0.25) is 5.91 Å². The van der Waals surface area contributed by atoms with Crippen LogP contribution in [0.4, 0.5) is 0 Å².